The van der Waals surface area contributed by atoms with Crippen molar-refractivity contribution in [3.63, 3.8) is 0 Å². The number of amidine groups is 1. The summed E-state index contributed by atoms with van der Waals surface area (Å²) in [6, 6.07) is 3.11. The molecule has 3 rings (SSSR count). The largest absolute Gasteiger partial charge is 0.490 e. The number of ether oxygens (including phenoxy) is 3. The van der Waals surface area contributed by atoms with Crippen molar-refractivity contribution in [2.45, 2.75) is 51.5 Å². The van der Waals surface area contributed by atoms with Crippen LogP contribution < -0.4 is 19.7 Å². The first kappa shape index (κ1) is 27.6. The van der Waals surface area contributed by atoms with Crippen LogP contribution in [-0.2, 0) is 19.4 Å². The summed E-state index contributed by atoms with van der Waals surface area (Å²) in [4.78, 5) is 30.5. The number of thioether (sulfide) groups is 1. The summed E-state index contributed by atoms with van der Waals surface area (Å²) in [6.07, 6.45) is -0.722. The van der Waals surface area contributed by atoms with Crippen LogP contribution in [-0.4, -0.2) is 73.7 Å². The topological polar surface area (TPSA) is 124 Å². The van der Waals surface area contributed by atoms with Gasteiger partial charge in [0, 0.05) is 21.9 Å². The fraction of sp³-hybridized carbons (Fsp3) is 0.591. The van der Waals surface area contributed by atoms with Crippen LogP contribution in [0.3, 0.4) is 0 Å². The lowest BCUT2D eigenvalue weighted by atomic mass is 10.2. The number of halogens is 1. The van der Waals surface area contributed by atoms with Crippen LogP contribution in [0.5, 0.6) is 11.5 Å². The van der Waals surface area contributed by atoms with Gasteiger partial charge in [0.25, 0.3) is 5.91 Å². The maximum absolute atomic E-state index is 12.6. The van der Waals surface area contributed by atoms with Crippen LogP contribution >= 0.6 is 27.7 Å². The minimum absolute atomic E-state index is 0.00479. The number of carbonyl (C=O) groups is 2. The predicted octanol–water partition coefficient (Wildman–Crippen LogP) is 3.37. The normalized spacial score (nSPS) is 22.1. The molecule has 13 heteroatoms. The molecule has 2 amide bonds. The van der Waals surface area contributed by atoms with Crippen molar-refractivity contribution in [2.24, 2.45) is 4.99 Å². The number of amides is 2. The van der Waals surface area contributed by atoms with Crippen LogP contribution in [0.15, 0.2) is 21.6 Å². The van der Waals surface area contributed by atoms with E-state index in [0.717, 1.165) is 0 Å². The van der Waals surface area contributed by atoms with E-state index in [1.807, 2.05) is 13.8 Å². The molecule has 2 fully saturated rings. The number of benzene rings is 1. The summed E-state index contributed by atoms with van der Waals surface area (Å²) < 4.78 is 42.0. The second-order valence-corrected chi connectivity index (χ2v) is 13.1. The number of alkyl carbamates (subject to hydrolysis) is 1. The van der Waals surface area contributed by atoms with Crippen molar-refractivity contribution in [3.05, 3.63) is 16.6 Å². The summed E-state index contributed by atoms with van der Waals surface area (Å²) >= 11 is 4.80. The molecule has 194 valence electrons. The van der Waals surface area contributed by atoms with E-state index in [4.69, 9.17) is 14.2 Å². The number of aliphatic imine (C=N–C) groups is 1. The highest BCUT2D eigenvalue weighted by Crippen LogP contribution is 2.46. The van der Waals surface area contributed by atoms with E-state index >= 15 is 0 Å². The highest BCUT2D eigenvalue weighted by Gasteiger charge is 2.50. The van der Waals surface area contributed by atoms with Crippen LogP contribution in [0.2, 0.25) is 0 Å². The fourth-order valence-corrected chi connectivity index (χ4v) is 8.14. The van der Waals surface area contributed by atoms with Gasteiger partial charge in [0.2, 0.25) is 0 Å². The Hall–Kier alpha value is -1.99. The summed E-state index contributed by atoms with van der Waals surface area (Å²) in [5.74, 6) is 0.397. The third-order valence-corrected chi connectivity index (χ3v) is 8.79. The lowest BCUT2D eigenvalue weighted by Crippen LogP contribution is -2.39. The Balaban J connectivity index is 1.92. The SMILES string of the molecule is CCOc1cc(Br)c(N2C(=NC(=O)CNC(=O)OC(C)(C)C)S[C@@H]3CS(=O)(=O)C[C@H]32)cc1OCC. The lowest BCUT2D eigenvalue weighted by Gasteiger charge is -2.27. The van der Waals surface area contributed by atoms with Crippen molar-refractivity contribution < 1.29 is 32.2 Å². The number of nitrogens with zero attached hydrogens (tertiary/aromatic N) is 2. The van der Waals surface area contributed by atoms with Crippen LogP contribution in [0.25, 0.3) is 0 Å². The van der Waals surface area contributed by atoms with Crippen molar-refractivity contribution in [2.75, 3.05) is 36.2 Å². The fourth-order valence-electron chi connectivity index (χ4n) is 3.70. The predicted molar refractivity (Wildman–Crippen MR) is 139 cm³/mol. The quantitative estimate of drug-likeness (QED) is 0.508. The van der Waals surface area contributed by atoms with Crippen molar-refractivity contribution in [1.29, 1.82) is 0 Å². The number of carbonyl (C=O) groups excluding carboxylic acids is 2. The Morgan fingerprint density at radius 1 is 1.17 bits per heavy atom. The number of anilines is 1. The van der Waals surface area contributed by atoms with E-state index in [-0.39, 0.29) is 23.3 Å². The van der Waals surface area contributed by atoms with E-state index in [1.165, 1.54) is 11.8 Å². The molecule has 10 nitrogen and oxygen atoms in total. The Bertz CT molecular complexity index is 1120. The number of fused-ring (bicyclic) bond motifs is 1. The first-order chi connectivity index (χ1) is 16.3. The molecule has 0 aromatic heterocycles. The van der Waals surface area contributed by atoms with Gasteiger partial charge in [0.05, 0.1) is 36.4 Å². The first-order valence-corrected chi connectivity index (χ1v) is 14.7. The molecule has 0 saturated carbocycles. The van der Waals surface area contributed by atoms with Crippen LogP contribution in [0, 0.1) is 0 Å². The van der Waals surface area contributed by atoms with Gasteiger partial charge in [-0.25, -0.2) is 13.2 Å². The Kier molecular flexibility index (Phi) is 8.64. The van der Waals surface area contributed by atoms with Crippen LogP contribution in [0.4, 0.5) is 10.5 Å². The van der Waals surface area contributed by atoms with Gasteiger partial charge in [-0.1, -0.05) is 11.8 Å². The third-order valence-electron chi connectivity index (χ3n) is 4.94. The third kappa shape index (κ3) is 7.04. The maximum atomic E-state index is 12.6. The lowest BCUT2D eigenvalue weighted by molar-refractivity contribution is -0.117. The molecule has 2 saturated heterocycles. The molecule has 0 aliphatic carbocycles. The molecule has 2 aliphatic heterocycles. The highest BCUT2D eigenvalue weighted by molar-refractivity contribution is 9.10. The van der Waals surface area contributed by atoms with E-state index in [9.17, 15) is 18.0 Å². The van der Waals surface area contributed by atoms with E-state index in [2.05, 4.69) is 26.2 Å². The van der Waals surface area contributed by atoms with Gasteiger partial charge >= 0.3 is 6.09 Å². The number of hydrogen-bond donors (Lipinski definition) is 1. The Morgan fingerprint density at radius 2 is 1.80 bits per heavy atom. The van der Waals surface area contributed by atoms with E-state index in [1.54, 1.807) is 37.8 Å². The zero-order chi connectivity index (χ0) is 26.0. The molecule has 35 heavy (non-hydrogen) atoms. The molecular weight excluding hydrogens is 562 g/mol. The summed E-state index contributed by atoms with van der Waals surface area (Å²) in [6.45, 7) is 9.39. The smallest absolute Gasteiger partial charge is 0.408 e. The van der Waals surface area contributed by atoms with Gasteiger partial charge < -0.3 is 24.4 Å². The van der Waals surface area contributed by atoms with Gasteiger partial charge in [-0.3, -0.25) is 4.79 Å². The molecule has 2 atom stereocenters. The number of nitrogens with one attached hydrogen (secondary N) is 1. The van der Waals surface area contributed by atoms with Crippen molar-refractivity contribution in [1.82, 2.24) is 5.32 Å². The van der Waals surface area contributed by atoms with Gasteiger partial charge in [-0.05, 0) is 50.5 Å². The average Bonchev–Trinajstić information content (AvgIpc) is 3.18. The molecule has 0 unspecified atom stereocenters. The number of rotatable bonds is 7. The molecule has 0 radical (unpaired) electrons. The van der Waals surface area contributed by atoms with Crippen molar-refractivity contribution in [3.8, 4) is 11.5 Å². The molecule has 2 aliphatic rings. The first-order valence-electron chi connectivity index (χ1n) is 11.2. The summed E-state index contributed by atoms with van der Waals surface area (Å²) in [5.41, 5.74) is -0.0845. The number of sulfone groups is 1. The summed E-state index contributed by atoms with van der Waals surface area (Å²) in [5, 5.41) is 2.48. The zero-order valence-electron chi connectivity index (χ0n) is 20.3. The minimum Gasteiger partial charge on any atom is -0.490 e. The second kappa shape index (κ2) is 11.0. The zero-order valence-corrected chi connectivity index (χ0v) is 23.5. The molecule has 1 aromatic rings. The molecule has 1 aromatic carbocycles. The molecular formula is C22H30BrN3O7S2. The van der Waals surface area contributed by atoms with Gasteiger partial charge in [-0.15, -0.1) is 0 Å². The average molecular weight is 593 g/mol. The summed E-state index contributed by atoms with van der Waals surface area (Å²) in [7, 11) is -3.23. The highest BCUT2D eigenvalue weighted by atomic mass is 79.9. The van der Waals surface area contributed by atoms with Gasteiger partial charge in [0.15, 0.2) is 26.5 Å². The van der Waals surface area contributed by atoms with Gasteiger partial charge in [0.1, 0.15) is 12.1 Å². The standard InChI is InChI=1S/C22H30BrN3O7S2/c1-6-31-16-8-13(23)14(9-17(16)32-7-2)26-15-11-35(29,30)12-18(15)34-20(26)25-19(27)10-24-21(28)33-22(3,4)5/h8-9,15,18H,6-7,10-12H2,1-5H3,(H,24,28)/t15-,18-/m1/s1. The van der Waals surface area contributed by atoms with Crippen LogP contribution in [0.1, 0.15) is 34.6 Å². The molecule has 0 bridgehead atoms. The molecule has 2 heterocycles. The Morgan fingerprint density at radius 3 is 2.40 bits per heavy atom. The van der Waals surface area contributed by atoms with E-state index < -0.39 is 33.5 Å². The minimum atomic E-state index is -3.23. The second-order valence-electron chi connectivity index (χ2n) is 8.93. The van der Waals surface area contributed by atoms with E-state index in [0.29, 0.717) is 40.0 Å². The van der Waals surface area contributed by atoms with Gasteiger partial charge in [-0.2, -0.15) is 4.99 Å². The maximum Gasteiger partial charge on any atom is 0.408 e. The number of hydrogen-bond acceptors (Lipinski definition) is 8. The monoisotopic (exact) mass is 591 g/mol. The van der Waals surface area contributed by atoms with Crippen molar-refractivity contribution >= 4 is 60.4 Å². The molecule has 1 N–H and O–H groups in total. The molecule has 0 spiro atoms. The Labute approximate surface area is 218 Å².